The lowest BCUT2D eigenvalue weighted by Crippen LogP contribution is -2.34. The van der Waals surface area contributed by atoms with Gasteiger partial charge in [-0.2, -0.15) is 0 Å². The summed E-state index contributed by atoms with van der Waals surface area (Å²) in [4.78, 5) is 0. The standard InChI is InChI=1S/C13H19NO3/c1-9-11(5-6-17-9)14-8-10-3-4-13(16-2)12(15)7-10/h3-4,7,9,11,14-15H,5-6,8H2,1-2H3. The van der Waals surface area contributed by atoms with Crippen molar-refractivity contribution in [3.63, 3.8) is 0 Å². The van der Waals surface area contributed by atoms with Crippen molar-refractivity contribution in [3.8, 4) is 11.5 Å². The van der Waals surface area contributed by atoms with Crippen molar-refractivity contribution < 1.29 is 14.6 Å². The number of nitrogens with one attached hydrogen (secondary N) is 1. The zero-order valence-electron chi connectivity index (χ0n) is 10.3. The minimum atomic E-state index is 0.183. The minimum Gasteiger partial charge on any atom is -0.504 e. The van der Waals surface area contributed by atoms with Gasteiger partial charge in [-0.1, -0.05) is 6.07 Å². The highest BCUT2D eigenvalue weighted by Crippen LogP contribution is 2.26. The maximum absolute atomic E-state index is 9.66. The molecule has 4 nitrogen and oxygen atoms in total. The molecule has 2 rings (SSSR count). The van der Waals surface area contributed by atoms with Gasteiger partial charge < -0.3 is 19.9 Å². The topological polar surface area (TPSA) is 50.7 Å². The lowest BCUT2D eigenvalue weighted by molar-refractivity contribution is 0.113. The highest BCUT2D eigenvalue weighted by molar-refractivity contribution is 5.41. The average molecular weight is 237 g/mol. The Bertz CT molecular complexity index is 381. The van der Waals surface area contributed by atoms with Crippen LogP contribution in [0, 0.1) is 0 Å². The smallest absolute Gasteiger partial charge is 0.160 e. The summed E-state index contributed by atoms with van der Waals surface area (Å²) in [5.74, 6) is 0.689. The summed E-state index contributed by atoms with van der Waals surface area (Å²) < 4.78 is 10.5. The van der Waals surface area contributed by atoms with Crippen molar-refractivity contribution in [2.24, 2.45) is 0 Å². The Morgan fingerprint density at radius 2 is 2.35 bits per heavy atom. The summed E-state index contributed by atoms with van der Waals surface area (Å²) in [6, 6.07) is 5.86. The van der Waals surface area contributed by atoms with Crippen LogP contribution in [-0.2, 0) is 11.3 Å². The van der Waals surface area contributed by atoms with Gasteiger partial charge in [0.2, 0.25) is 0 Å². The van der Waals surface area contributed by atoms with Crippen LogP contribution in [0.15, 0.2) is 18.2 Å². The van der Waals surface area contributed by atoms with Crippen molar-refractivity contribution in [2.45, 2.75) is 32.0 Å². The van der Waals surface area contributed by atoms with Gasteiger partial charge >= 0.3 is 0 Å². The van der Waals surface area contributed by atoms with E-state index in [2.05, 4.69) is 12.2 Å². The number of aromatic hydroxyl groups is 1. The zero-order valence-corrected chi connectivity index (χ0v) is 10.3. The minimum absolute atomic E-state index is 0.183. The summed E-state index contributed by atoms with van der Waals surface area (Å²) in [6.07, 6.45) is 1.31. The van der Waals surface area contributed by atoms with Crippen LogP contribution in [0.3, 0.4) is 0 Å². The van der Waals surface area contributed by atoms with Crippen LogP contribution >= 0.6 is 0 Å². The molecular formula is C13H19NO3. The Balaban J connectivity index is 1.92. The molecule has 2 N–H and O–H groups in total. The van der Waals surface area contributed by atoms with Crippen molar-refractivity contribution in [2.75, 3.05) is 13.7 Å². The van der Waals surface area contributed by atoms with Crippen LogP contribution in [0.5, 0.6) is 11.5 Å². The number of phenols is 1. The van der Waals surface area contributed by atoms with E-state index in [0.29, 0.717) is 11.8 Å². The van der Waals surface area contributed by atoms with Crippen molar-refractivity contribution in [1.82, 2.24) is 5.32 Å². The van der Waals surface area contributed by atoms with E-state index in [-0.39, 0.29) is 11.9 Å². The van der Waals surface area contributed by atoms with Gasteiger partial charge in [-0.15, -0.1) is 0 Å². The molecule has 4 heteroatoms. The number of rotatable bonds is 4. The van der Waals surface area contributed by atoms with Crippen LogP contribution in [0.2, 0.25) is 0 Å². The molecule has 0 saturated carbocycles. The predicted octanol–water partition coefficient (Wildman–Crippen LogP) is 1.67. The van der Waals surface area contributed by atoms with Crippen molar-refractivity contribution in [3.05, 3.63) is 23.8 Å². The van der Waals surface area contributed by atoms with E-state index in [1.165, 1.54) is 0 Å². The molecule has 2 atom stereocenters. The fraction of sp³-hybridized carbons (Fsp3) is 0.538. The summed E-state index contributed by atoms with van der Waals surface area (Å²) >= 11 is 0. The van der Waals surface area contributed by atoms with Gasteiger partial charge in [0.25, 0.3) is 0 Å². The first-order chi connectivity index (χ1) is 8.20. The number of hydrogen-bond acceptors (Lipinski definition) is 4. The molecule has 1 aromatic rings. The molecule has 1 aromatic carbocycles. The zero-order chi connectivity index (χ0) is 12.3. The molecule has 0 aliphatic carbocycles. The van der Waals surface area contributed by atoms with Crippen LogP contribution in [0.25, 0.3) is 0 Å². The molecule has 0 bridgehead atoms. The van der Waals surface area contributed by atoms with Crippen LogP contribution in [0.1, 0.15) is 18.9 Å². The van der Waals surface area contributed by atoms with Crippen LogP contribution in [0.4, 0.5) is 0 Å². The van der Waals surface area contributed by atoms with Gasteiger partial charge in [0.1, 0.15) is 0 Å². The first kappa shape index (κ1) is 12.2. The van der Waals surface area contributed by atoms with Crippen LogP contribution < -0.4 is 10.1 Å². The molecule has 1 heterocycles. The van der Waals surface area contributed by atoms with E-state index >= 15 is 0 Å². The van der Waals surface area contributed by atoms with Gasteiger partial charge in [0, 0.05) is 19.2 Å². The number of methoxy groups -OCH3 is 1. The summed E-state index contributed by atoms with van der Waals surface area (Å²) in [7, 11) is 1.55. The molecule has 0 aromatic heterocycles. The molecule has 2 unspecified atom stereocenters. The lowest BCUT2D eigenvalue weighted by Gasteiger charge is -2.16. The average Bonchev–Trinajstić information content (AvgIpc) is 2.72. The molecule has 17 heavy (non-hydrogen) atoms. The van der Waals surface area contributed by atoms with Gasteiger partial charge in [-0.25, -0.2) is 0 Å². The third-order valence-electron chi connectivity index (χ3n) is 3.19. The Morgan fingerprint density at radius 3 is 2.94 bits per heavy atom. The molecule has 1 aliphatic heterocycles. The highest BCUT2D eigenvalue weighted by Gasteiger charge is 2.23. The molecular weight excluding hydrogens is 218 g/mol. The summed E-state index contributed by atoms with van der Waals surface area (Å²) in [5.41, 5.74) is 1.04. The SMILES string of the molecule is COc1ccc(CNC2CCOC2C)cc1O. The second kappa shape index (κ2) is 5.38. The highest BCUT2D eigenvalue weighted by atomic mass is 16.5. The normalized spacial score (nSPS) is 23.9. The first-order valence-electron chi connectivity index (χ1n) is 5.91. The Labute approximate surface area is 102 Å². The Morgan fingerprint density at radius 1 is 1.53 bits per heavy atom. The molecule has 0 radical (unpaired) electrons. The lowest BCUT2D eigenvalue weighted by atomic mass is 10.1. The van der Waals surface area contributed by atoms with Gasteiger partial charge in [-0.05, 0) is 31.0 Å². The first-order valence-corrected chi connectivity index (χ1v) is 5.91. The summed E-state index contributed by atoms with van der Waals surface area (Å²) in [5, 5.41) is 13.1. The predicted molar refractivity (Wildman–Crippen MR) is 65.3 cm³/mol. The van der Waals surface area contributed by atoms with Crippen molar-refractivity contribution in [1.29, 1.82) is 0 Å². The van der Waals surface area contributed by atoms with E-state index in [4.69, 9.17) is 9.47 Å². The fourth-order valence-electron chi connectivity index (χ4n) is 2.09. The maximum Gasteiger partial charge on any atom is 0.160 e. The third kappa shape index (κ3) is 2.90. The number of hydrogen-bond donors (Lipinski definition) is 2. The maximum atomic E-state index is 9.66. The molecule has 1 saturated heterocycles. The van der Waals surface area contributed by atoms with Crippen LogP contribution in [-0.4, -0.2) is 31.0 Å². The number of phenolic OH excluding ortho intramolecular Hbond substituents is 1. The number of benzene rings is 1. The van der Waals surface area contributed by atoms with Gasteiger partial charge in [0.05, 0.1) is 13.2 Å². The van der Waals surface area contributed by atoms with E-state index in [9.17, 15) is 5.11 Å². The molecule has 0 spiro atoms. The van der Waals surface area contributed by atoms with E-state index in [1.54, 1.807) is 19.2 Å². The second-order valence-electron chi connectivity index (χ2n) is 4.36. The molecule has 0 amide bonds. The second-order valence-corrected chi connectivity index (χ2v) is 4.36. The quantitative estimate of drug-likeness (QED) is 0.836. The van der Waals surface area contributed by atoms with E-state index < -0.39 is 0 Å². The largest absolute Gasteiger partial charge is 0.504 e. The Kier molecular flexibility index (Phi) is 3.86. The number of ether oxygens (including phenoxy) is 2. The monoisotopic (exact) mass is 237 g/mol. The molecule has 94 valence electrons. The van der Waals surface area contributed by atoms with E-state index in [0.717, 1.165) is 25.1 Å². The Hall–Kier alpha value is -1.26. The molecule has 1 aliphatic rings. The molecule has 1 fully saturated rings. The summed E-state index contributed by atoms with van der Waals surface area (Å²) in [6.45, 7) is 3.64. The van der Waals surface area contributed by atoms with Crippen molar-refractivity contribution >= 4 is 0 Å². The third-order valence-corrected chi connectivity index (χ3v) is 3.19. The fourth-order valence-corrected chi connectivity index (χ4v) is 2.09. The van der Waals surface area contributed by atoms with E-state index in [1.807, 2.05) is 6.07 Å². The van der Waals surface area contributed by atoms with Gasteiger partial charge in [-0.3, -0.25) is 0 Å². The van der Waals surface area contributed by atoms with Gasteiger partial charge in [0.15, 0.2) is 11.5 Å².